The number of rotatable bonds is 5. The Balaban J connectivity index is 2.11. The Kier molecular flexibility index (Phi) is 5.63. The van der Waals surface area contributed by atoms with Gasteiger partial charge >= 0.3 is 0 Å². The number of nitrogens with zero attached hydrogens (tertiary/aromatic N) is 2. The number of anilines is 2. The maximum absolute atomic E-state index is 13.1. The molecule has 0 aliphatic rings. The summed E-state index contributed by atoms with van der Waals surface area (Å²) in [6.45, 7) is 5.02. The minimum absolute atomic E-state index is 0.116. The lowest BCUT2D eigenvalue weighted by Crippen LogP contribution is -2.29. The molecular formula is C21H22N4O4. The van der Waals surface area contributed by atoms with Gasteiger partial charge in [-0.1, -0.05) is 18.2 Å². The molecule has 0 bridgehead atoms. The Morgan fingerprint density at radius 2 is 1.72 bits per heavy atom. The van der Waals surface area contributed by atoms with Crippen LogP contribution in [-0.4, -0.2) is 28.7 Å². The second-order valence-corrected chi connectivity index (χ2v) is 6.78. The molecule has 3 aromatic rings. The second kappa shape index (κ2) is 8.14. The summed E-state index contributed by atoms with van der Waals surface area (Å²) in [5.74, 6) is -0.266. The van der Waals surface area contributed by atoms with E-state index in [9.17, 15) is 14.4 Å². The van der Waals surface area contributed by atoms with E-state index in [-0.39, 0.29) is 23.2 Å². The van der Waals surface area contributed by atoms with E-state index in [1.165, 1.54) is 18.7 Å². The van der Waals surface area contributed by atoms with Crippen molar-refractivity contribution in [1.82, 2.24) is 9.78 Å². The summed E-state index contributed by atoms with van der Waals surface area (Å²) < 4.78 is 6.50. The van der Waals surface area contributed by atoms with E-state index in [1.807, 2.05) is 13.8 Å². The number of benzene rings is 2. The Morgan fingerprint density at radius 1 is 1.03 bits per heavy atom. The normalized spacial score (nSPS) is 10.8. The van der Waals surface area contributed by atoms with Gasteiger partial charge in [0.2, 0.25) is 5.91 Å². The summed E-state index contributed by atoms with van der Waals surface area (Å²) in [5, 5.41) is 10.6. The highest BCUT2D eigenvalue weighted by atomic mass is 16.5. The van der Waals surface area contributed by atoms with Crippen molar-refractivity contribution in [2.75, 3.05) is 17.7 Å². The molecule has 0 fully saturated rings. The summed E-state index contributed by atoms with van der Waals surface area (Å²) in [4.78, 5) is 37.3. The van der Waals surface area contributed by atoms with Crippen LogP contribution in [-0.2, 0) is 4.79 Å². The topological polar surface area (TPSA) is 102 Å². The maximum Gasteiger partial charge on any atom is 0.276 e. The van der Waals surface area contributed by atoms with Crippen LogP contribution >= 0.6 is 0 Å². The number of methoxy groups -OCH3 is 1. The fourth-order valence-corrected chi connectivity index (χ4v) is 2.96. The Morgan fingerprint density at radius 3 is 2.34 bits per heavy atom. The van der Waals surface area contributed by atoms with Gasteiger partial charge in [-0.05, 0) is 32.0 Å². The molecule has 8 nitrogen and oxygen atoms in total. The van der Waals surface area contributed by atoms with E-state index in [2.05, 4.69) is 15.7 Å². The first-order valence-electron chi connectivity index (χ1n) is 9.10. The van der Waals surface area contributed by atoms with Crippen molar-refractivity contribution in [3.63, 3.8) is 0 Å². The lowest BCUT2D eigenvalue weighted by molar-refractivity contribution is -0.114. The second-order valence-electron chi connectivity index (χ2n) is 6.78. The third kappa shape index (κ3) is 4.11. The highest BCUT2D eigenvalue weighted by Gasteiger charge is 2.19. The van der Waals surface area contributed by atoms with Gasteiger partial charge in [-0.2, -0.15) is 5.10 Å². The average Bonchev–Trinajstić information content (AvgIpc) is 2.69. The van der Waals surface area contributed by atoms with Crippen LogP contribution in [0.5, 0.6) is 5.75 Å². The van der Waals surface area contributed by atoms with Gasteiger partial charge in [0.1, 0.15) is 5.75 Å². The lowest BCUT2D eigenvalue weighted by atomic mass is 10.1. The van der Waals surface area contributed by atoms with Crippen LogP contribution in [0.25, 0.3) is 10.8 Å². The van der Waals surface area contributed by atoms with Gasteiger partial charge in [-0.15, -0.1) is 0 Å². The summed E-state index contributed by atoms with van der Waals surface area (Å²) in [6.07, 6.45) is 0. The summed E-state index contributed by atoms with van der Waals surface area (Å²) in [7, 11) is 1.51. The molecule has 1 aromatic heterocycles. The molecule has 0 radical (unpaired) electrons. The lowest BCUT2D eigenvalue weighted by Gasteiger charge is -2.15. The van der Waals surface area contributed by atoms with Gasteiger partial charge in [0.05, 0.1) is 29.9 Å². The first-order valence-corrected chi connectivity index (χ1v) is 9.10. The first-order chi connectivity index (χ1) is 13.8. The molecule has 0 unspecified atom stereocenters. The number of hydrogen-bond donors (Lipinski definition) is 2. The van der Waals surface area contributed by atoms with E-state index >= 15 is 0 Å². The van der Waals surface area contributed by atoms with Crippen LogP contribution in [0.2, 0.25) is 0 Å². The third-order valence-electron chi connectivity index (χ3n) is 4.32. The van der Waals surface area contributed by atoms with Gasteiger partial charge in [0.15, 0.2) is 5.69 Å². The van der Waals surface area contributed by atoms with Crippen LogP contribution < -0.4 is 20.9 Å². The fourth-order valence-electron chi connectivity index (χ4n) is 2.96. The zero-order chi connectivity index (χ0) is 21.1. The van der Waals surface area contributed by atoms with Crippen molar-refractivity contribution in [3.05, 3.63) is 58.5 Å². The Bertz CT molecular complexity index is 1150. The minimum Gasteiger partial charge on any atom is -0.497 e. The zero-order valence-electron chi connectivity index (χ0n) is 16.6. The molecule has 0 saturated heterocycles. The zero-order valence-corrected chi connectivity index (χ0v) is 16.6. The summed E-state index contributed by atoms with van der Waals surface area (Å²) >= 11 is 0. The van der Waals surface area contributed by atoms with Crippen molar-refractivity contribution >= 4 is 34.0 Å². The highest BCUT2D eigenvalue weighted by Crippen LogP contribution is 2.28. The van der Waals surface area contributed by atoms with Gasteiger partial charge in [0, 0.05) is 18.4 Å². The van der Waals surface area contributed by atoms with Gasteiger partial charge < -0.3 is 15.4 Å². The third-order valence-corrected chi connectivity index (χ3v) is 4.32. The highest BCUT2D eigenvalue weighted by molar-refractivity contribution is 6.12. The molecule has 0 aliphatic carbocycles. The maximum atomic E-state index is 13.1. The van der Waals surface area contributed by atoms with Crippen LogP contribution in [0.4, 0.5) is 11.4 Å². The molecule has 2 aromatic carbocycles. The number of carbonyl (C=O) groups is 2. The minimum atomic E-state index is -0.504. The van der Waals surface area contributed by atoms with Crippen molar-refractivity contribution in [2.45, 2.75) is 26.8 Å². The smallest absolute Gasteiger partial charge is 0.276 e. The number of carbonyl (C=O) groups excluding carboxylic acids is 2. The number of hydrogen-bond acceptors (Lipinski definition) is 5. The molecule has 8 heteroatoms. The van der Waals surface area contributed by atoms with E-state index < -0.39 is 5.91 Å². The van der Waals surface area contributed by atoms with Crippen LogP contribution in [0.15, 0.2) is 47.3 Å². The molecule has 0 aliphatic heterocycles. The first kappa shape index (κ1) is 20.1. The predicted molar refractivity (Wildman–Crippen MR) is 112 cm³/mol. The van der Waals surface area contributed by atoms with Crippen molar-refractivity contribution in [3.8, 4) is 5.75 Å². The van der Waals surface area contributed by atoms with Crippen LogP contribution in [0.3, 0.4) is 0 Å². The van der Waals surface area contributed by atoms with E-state index in [0.717, 1.165) is 0 Å². The van der Waals surface area contributed by atoms with E-state index in [4.69, 9.17) is 4.74 Å². The molecule has 3 rings (SSSR count). The van der Waals surface area contributed by atoms with Gasteiger partial charge in [0.25, 0.3) is 11.5 Å². The Labute approximate surface area is 167 Å². The molecule has 0 spiro atoms. The summed E-state index contributed by atoms with van der Waals surface area (Å²) in [5.41, 5.74) is 0.642. The van der Waals surface area contributed by atoms with Gasteiger partial charge in [-0.25, -0.2) is 4.68 Å². The number of nitrogens with one attached hydrogen (secondary N) is 2. The quantitative estimate of drug-likeness (QED) is 0.692. The number of amides is 2. The average molecular weight is 394 g/mol. The molecular weight excluding hydrogens is 372 g/mol. The van der Waals surface area contributed by atoms with Crippen LogP contribution in [0, 0.1) is 0 Å². The molecule has 2 amide bonds. The van der Waals surface area contributed by atoms with Gasteiger partial charge in [-0.3, -0.25) is 14.4 Å². The van der Waals surface area contributed by atoms with Crippen molar-refractivity contribution in [1.29, 1.82) is 0 Å². The molecule has 0 atom stereocenters. The molecule has 0 saturated carbocycles. The number of ether oxygens (including phenoxy) is 1. The molecule has 1 heterocycles. The fraction of sp³-hybridized carbons (Fsp3) is 0.238. The van der Waals surface area contributed by atoms with Crippen molar-refractivity contribution < 1.29 is 14.3 Å². The SMILES string of the molecule is COc1ccc(NC(C)=O)c(NC(=O)c2nn(C(C)C)c(=O)c3ccccc23)c1. The molecule has 2 N–H and O–H groups in total. The predicted octanol–water partition coefficient (Wildman–Crippen LogP) is 3.20. The standard InChI is InChI=1S/C21H22N4O4/c1-12(2)25-21(28)16-8-6-5-7-15(16)19(24-25)20(27)23-18-11-14(29-4)9-10-17(18)22-13(3)26/h5-12H,1-4H3,(H,22,26)(H,23,27). The van der Waals surface area contributed by atoms with E-state index in [1.54, 1.807) is 42.5 Å². The summed E-state index contributed by atoms with van der Waals surface area (Å²) in [6, 6.07) is 11.5. The number of fused-ring (bicyclic) bond motifs is 1. The molecule has 150 valence electrons. The Hall–Kier alpha value is -3.68. The molecule has 29 heavy (non-hydrogen) atoms. The monoisotopic (exact) mass is 394 g/mol. The van der Waals surface area contributed by atoms with Crippen LogP contribution in [0.1, 0.15) is 37.3 Å². The number of aromatic nitrogens is 2. The van der Waals surface area contributed by atoms with E-state index in [0.29, 0.717) is 27.9 Å². The van der Waals surface area contributed by atoms with Crippen molar-refractivity contribution in [2.24, 2.45) is 0 Å². The largest absolute Gasteiger partial charge is 0.497 e.